The highest BCUT2D eigenvalue weighted by Crippen LogP contribution is 2.28. The van der Waals surface area contributed by atoms with E-state index in [0.717, 1.165) is 5.56 Å². The predicted molar refractivity (Wildman–Crippen MR) is 95.1 cm³/mol. The van der Waals surface area contributed by atoms with Gasteiger partial charge in [-0.25, -0.2) is 13.4 Å². The Morgan fingerprint density at radius 1 is 1.00 bits per heavy atom. The van der Waals surface area contributed by atoms with Gasteiger partial charge in [0, 0.05) is 5.56 Å². The summed E-state index contributed by atoms with van der Waals surface area (Å²) in [5.74, 6) is -0.968. The Bertz CT molecular complexity index is 962. The Labute approximate surface area is 144 Å². The highest BCUT2D eigenvalue weighted by atomic mass is 32.2. The maximum atomic E-state index is 12.5. The summed E-state index contributed by atoms with van der Waals surface area (Å²) in [6.07, 6.45) is 0. The van der Waals surface area contributed by atoms with Crippen molar-refractivity contribution >= 4 is 27.0 Å². The van der Waals surface area contributed by atoms with E-state index in [4.69, 9.17) is 0 Å². The minimum Gasteiger partial charge on any atom is -0.292 e. The third-order valence-electron chi connectivity index (χ3n) is 3.49. The van der Waals surface area contributed by atoms with Gasteiger partial charge in [-0.1, -0.05) is 48.5 Å². The van der Waals surface area contributed by atoms with E-state index in [2.05, 4.69) is 4.98 Å². The van der Waals surface area contributed by atoms with Crippen LogP contribution in [0.3, 0.4) is 0 Å². The molecule has 0 saturated heterocycles. The number of aromatic nitrogens is 1. The molecule has 0 fully saturated rings. The van der Waals surface area contributed by atoms with E-state index in [1.54, 1.807) is 25.1 Å². The zero-order valence-corrected chi connectivity index (χ0v) is 14.6. The lowest BCUT2D eigenvalue weighted by atomic mass is 10.2. The molecule has 0 unspecified atom stereocenters. The van der Waals surface area contributed by atoms with Crippen LogP contribution in [0, 0.1) is 6.92 Å². The summed E-state index contributed by atoms with van der Waals surface area (Å²) in [4.78, 5) is 17.5. The SMILES string of the molecule is Cc1nc(-c2ccccc2)sc1C(=O)CS(=O)(=O)c1ccccc1. The van der Waals surface area contributed by atoms with Gasteiger partial charge in [-0.05, 0) is 19.1 Å². The number of nitrogens with zero attached hydrogens (tertiary/aromatic N) is 1. The smallest absolute Gasteiger partial charge is 0.190 e. The molecule has 1 aromatic heterocycles. The molecule has 0 atom stereocenters. The van der Waals surface area contributed by atoms with Gasteiger partial charge < -0.3 is 0 Å². The zero-order valence-electron chi connectivity index (χ0n) is 13.0. The lowest BCUT2D eigenvalue weighted by molar-refractivity contribution is 0.102. The summed E-state index contributed by atoms with van der Waals surface area (Å²) in [5.41, 5.74) is 1.47. The second kappa shape index (κ2) is 6.67. The van der Waals surface area contributed by atoms with E-state index >= 15 is 0 Å². The van der Waals surface area contributed by atoms with Gasteiger partial charge in [-0.2, -0.15) is 0 Å². The van der Waals surface area contributed by atoms with Crippen LogP contribution < -0.4 is 0 Å². The molecule has 6 heteroatoms. The summed E-state index contributed by atoms with van der Waals surface area (Å²) in [7, 11) is -3.65. The molecule has 0 aliphatic heterocycles. The van der Waals surface area contributed by atoms with Gasteiger partial charge >= 0.3 is 0 Å². The number of rotatable bonds is 5. The highest BCUT2D eigenvalue weighted by molar-refractivity contribution is 7.92. The topological polar surface area (TPSA) is 64.1 Å². The van der Waals surface area contributed by atoms with Crippen molar-refractivity contribution in [2.24, 2.45) is 0 Å². The number of Topliss-reactive ketones (excluding diaryl/α,β-unsaturated/α-hetero) is 1. The Morgan fingerprint density at radius 3 is 2.21 bits per heavy atom. The lowest BCUT2D eigenvalue weighted by Gasteiger charge is -2.02. The maximum Gasteiger partial charge on any atom is 0.190 e. The number of carbonyl (C=O) groups is 1. The van der Waals surface area contributed by atoms with Crippen molar-refractivity contribution in [3.05, 3.63) is 71.2 Å². The highest BCUT2D eigenvalue weighted by Gasteiger charge is 2.23. The monoisotopic (exact) mass is 357 g/mol. The van der Waals surface area contributed by atoms with Gasteiger partial charge in [0.05, 0.1) is 15.5 Å². The molecule has 0 aliphatic carbocycles. The zero-order chi connectivity index (χ0) is 17.2. The Hall–Kier alpha value is -2.31. The molecule has 122 valence electrons. The molecule has 24 heavy (non-hydrogen) atoms. The van der Waals surface area contributed by atoms with Gasteiger partial charge in [0.1, 0.15) is 10.8 Å². The van der Waals surface area contributed by atoms with E-state index in [9.17, 15) is 13.2 Å². The standard InChI is InChI=1S/C18H15NO3S2/c1-13-17(23-18(19-13)14-8-4-2-5-9-14)16(20)12-24(21,22)15-10-6-3-7-11-15/h2-11H,12H2,1H3. The number of sulfone groups is 1. The van der Waals surface area contributed by atoms with Crippen LogP contribution in [-0.2, 0) is 9.84 Å². The Morgan fingerprint density at radius 2 is 1.58 bits per heavy atom. The quantitative estimate of drug-likeness (QED) is 0.652. The molecule has 0 aliphatic rings. The van der Waals surface area contributed by atoms with Crippen LogP contribution >= 0.6 is 11.3 Å². The number of ketones is 1. The van der Waals surface area contributed by atoms with Gasteiger partial charge in [0.2, 0.25) is 0 Å². The van der Waals surface area contributed by atoms with Crippen molar-refractivity contribution in [2.45, 2.75) is 11.8 Å². The molecule has 4 nitrogen and oxygen atoms in total. The van der Waals surface area contributed by atoms with Crippen LogP contribution in [0.1, 0.15) is 15.4 Å². The van der Waals surface area contributed by atoms with E-state index < -0.39 is 21.4 Å². The van der Waals surface area contributed by atoms with Crippen LogP contribution in [0.2, 0.25) is 0 Å². The summed E-state index contributed by atoms with van der Waals surface area (Å²) in [6, 6.07) is 17.5. The van der Waals surface area contributed by atoms with Crippen molar-refractivity contribution < 1.29 is 13.2 Å². The molecule has 0 saturated carbocycles. The maximum absolute atomic E-state index is 12.5. The molecule has 0 radical (unpaired) electrons. The summed E-state index contributed by atoms with van der Waals surface area (Å²) in [5, 5.41) is 0.716. The largest absolute Gasteiger partial charge is 0.292 e. The van der Waals surface area contributed by atoms with Crippen molar-refractivity contribution in [1.82, 2.24) is 4.98 Å². The fourth-order valence-corrected chi connectivity index (χ4v) is 4.64. The second-order valence-corrected chi connectivity index (χ2v) is 8.28. The summed E-state index contributed by atoms with van der Waals surface area (Å²) < 4.78 is 24.7. The van der Waals surface area contributed by atoms with Crippen molar-refractivity contribution in [3.63, 3.8) is 0 Å². The minimum atomic E-state index is -3.65. The predicted octanol–water partition coefficient (Wildman–Crippen LogP) is 3.78. The lowest BCUT2D eigenvalue weighted by Crippen LogP contribution is -2.16. The second-order valence-electron chi connectivity index (χ2n) is 5.29. The number of hydrogen-bond acceptors (Lipinski definition) is 5. The molecule has 2 aromatic carbocycles. The van der Waals surface area contributed by atoms with E-state index in [0.29, 0.717) is 15.6 Å². The number of benzene rings is 2. The summed E-state index contributed by atoms with van der Waals surface area (Å²) >= 11 is 1.23. The van der Waals surface area contributed by atoms with E-state index in [-0.39, 0.29) is 4.90 Å². The van der Waals surface area contributed by atoms with Gasteiger partial charge in [0.25, 0.3) is 0 Å². The average Bonchev–Trinajstić information content (AvgIpc) is 2.98. The number of hydrogen-bond donors (Lipinski definition) is 0. The molecule has 0 spiro atoms. The van der Waals surface area contributed by atoms with Crippen LogP contribution in [0.5, 0.6) is 0 Å². The fourth-order valence-electron chi connectivity index (χ4n) is 2.31. The molecule has 1 heterocycles. The molecular weight excluding hydrogens is 342 g/mol. The first kappa shape index (κ1) is 16.5. The molecule has 3 aromatic rings. The molecule has 3 rings (SSSR count). The van der Waals surface area contributed by atoms with Gasteiger partial charge in [0.15, 0.2) is 15.6 Å². The van der Waals surface area contributed by atoms with Crippen molar-refractivity contribution in [1.29, 1.82) is 0 Å². The third kappa shape index (κ3) is 3.44. The van der Waals surface area contributed by atoms with Crippen LogP contribution in [-0.4, -0.2) is 24.9 Å². The minimum absolute atomic E-state index is 0.156. The molecule has 0 N–H and O–H groups in total. The van der Waals surface area contributed by atoms with Gasteiger partial charge in [-0.3, -0.25) is 4.79 Å². The van der Waals surface area contributed by atoms with Crippen LogP contribution in [0.15, 0.2) is 65.6 Å². The van der Waals surface area contributed by atoms with Gasteiger partial charge in [-0.15, -0.1) is 11.3 Å². The number of carbonyl (C=O) groups excluding carboxylic acids is 1. The fraction of sp³-hybridized carbons (Fsp3) is 0.111. The Balaban J connectivity index is 1.88. The first-order valence-electron chi connectivity index (χ1n) is 7.31. The number of thiazole rings is 1. The molecular formula is C18H15NO3S2. The average molecular weight is 357 g/mol. The molecule has 0 bridgehead atoms. The third-order valence-corrected chi connectivity index (χ3v) is 6.37. The van der Waals surface area contributed by atoms with Crippen LogP contribution in [0.4, 0.5) is 0 Å². The molecule has 0 amide bonds. The van der Waals surface area contributed by atoms with Crippen molar-refractivity contribution in [3.8, 4) is 10.6 Å². The van der Waals surface area contributed by atoms with E-state index in [1.807, 2.05) is 30.3 Å². The van der Waals surface area contributed by atoms with Crippen molar-refractivity contribution in [2.75, 3.05) is 5.75 Å². The first-order valence-corrected chi connectivity index (χ1v) is 9.78. The Kier molecular flexibility index (Phi) is 4.59. The number of aryl methyl sites for hydroxylation is 1. The normalized spacial score (nSPS) is 11.4. The summed E-state index contributed by atoms with van der Waals surface area (Å²) in [6.45, 7) is 1.73. The van der Waals surface area contributed by atoms with Crippen LogP contribution in [0.25, 0.3) is 10.6 Å². The van der Waals surface area contributed by atoms with E-state index in [1.165, 1.54) is 23.5 Å². The first-order chi connectivity index (χ1) is 11.5.